The molecule has 0 saturated heterocycles. The second-order valence-electron chi connectivity index (χ2n) is 4.46. The molecule has 108 valence electrons. The molecule has 0 spiro atoms. The maximum Gasteiger partial charge on any atom is 0.122 e. The van der Waals surface area contributed by atoms with E-state index in [-0.39, 0.29) is 18.4 Å². The van der Waals surface area contributed by atoms with Crippen LogP contribution in [0.5, 0.6) is 5.75 Å². The number of aliphatic hydroxyl groups excluding tert-OH is 1. The maximum atomic E-state index is 10.1. The normalized spacial score (nSPS) is 12.4. The van der Waals surface area contributed by atoms with Crippen LogP contribution in [0.15, 0.2) is 18.2 Å². The average Bonchev–Trinajstić information content (AvgIpc) is 2.42. The Morgan fingerprint density at radius 3 is 2.63 bits per heavy atom. The smallest absolute Gasteiger partial charge is 0.122 e. The number of phenolic OH excluding ortho intramolecular Hbond substituents is 1. The van der Waals surface area contributed by atoms with Gasteiger partial charge in [-0.1, -0.05) is 6.07 Å². The Bertz CT molecular complexity index is 385. The summed E-state index contributed by atoms with van der Waals surface area (Å²) in [5, 5.41) is 22.3. The largest absolute Gasteiger partial charge is 0.508 e. The number of aromatic hydroxyl groups is 1. The van der Waals surface area contributed by atoms with Crippen LogP contribution in [-0.2, 0) is 4.74 Å². The number of ether oxygens (including phenoxy) is 1. The number of benzene rings is 1. The fraction of sp³-hybridized carbons (Fsp3) is 0.571. The molecule has 5 heteroatoms. The van der Waals surface area contributed by atoms with E-state index >= 15 is 0 Å². The van der Waals surface area contributed by atoms with Gasteiger partial charge in [-0.25, -0.2) is 0 Å². The highest BCUT2D eigenvalue weighted by Gasteiger charge is 2.12. The minimum Gasteiger partial charge on any atom is -0.508 e. The van der Waals surface area contributed by atoms with Crippen LogP contribution in [0.25, 0.3) is 0 Å². The van der Waals surface area contributed by atoms with E-state index in [1.165, 1.54) is 0 Å². The standard InChI is InChI=1S/C14H24N2O3/c1-11(15-2)13-5-4-12(10-14(13)18)16(6-8-17)7-9-19-3/h4-5,10-11,15,17-18H,6-9H2,1-3H3. The lowest BCUT2D eigenvalue weighted by molar-refractivity contribution is 0.203. The van der Waals surface area contributed by atoms with E-state index in [2.05, 4.69) is 5.32 Å². The Labute approximate surface area is 114 Å². The van der Waals surface area contributed by atoms with Crippen molar-refractivity contribution in [1.29, 1.82) is 0 Å². The van der Waals surface area contributed by atoms with Crippen LogP contribution in [0.1, 0.15) is 18.5 Å². The molecule has 0 aliphatic carbocycles. The van der Waals surface area contributed by atoms with Crippen molar-refractivity contribution in [3.05, 3.63) is 23.8 Å². The Kier molecular flexibility index (Phi) is 6.62. The predicted molar refractivity (Wildman–Crippen MR) is 76.8 cm³/mol. The Morgan fingerprint density at radius 2 is 2.11 bits per heavy atom. The molecule has 0 fully saturated rings. The highest BCUT2D eigenvalue weighted by Crippen LogP contribution is 2.28. The molecule has 1 atom stereocenters. The van der Waals surface area contributed by atoms with E-state index in [9.17, 15) is 5.11 Å². The molecule has 0 aliphatic rings. The van der Waals surface area contributed by atoms with E-state index < -0.39 is 0 Å². The number of rotatable bonds is 8. The van der Waals surface area contributed by atoms with Crippen molar-refractivity contribution in [2.75, 3.05) is 45.4 Å². The number of anilines is 1. The van der Waals surface area contributed by atoms with Crippen molar-refractivity contribution in [2.45, 2.75) is 13.0 Å². The lowest BCUT2D eigenvalue weighted by Crippen LogP contribution is -2.30. The molecule has 1 unspecified atom stereocenters. The van der Waals surface area contributed by atoms with Crippen LogP contribution >= 0.6 is 0 Å². The SMILES string of the molecule is CNC(C)c1ccc(N(CCO)CCOC)cc1O. The molecule has 0 amide bonds. The summed E-state index contributed by atoms with van der Waals surface area (Å²) in [4.78, 5) is 1.98. The van der Waals surface area contributed by atoms with E-state index in [1.807, 2.05) is 31.0 Å². The lowest BCUT2D eigenvalue weighted by Gasteiger charge is -2.24. The molecular formula is C14H24N2O3. The number of hydrogen-bond acceptors (Lipinski definition) is 5. The summed E-state index contributed by atoms with van der Waals surface area (Å²) in [5.41, 5.74) is 1.75. The fourth-order valence-corrected chi connectivity index (χ4v) is 1.94. The van der Waals surface area contributed by atoms with E-state index in [1.54, 1.807) is 13.2 Å². The zero-order chi connectivity index (χ0) is 14.3. The van der Waals surface area contributed by atoms with Gasteiger partial charge in [-0.15, -0.1) is 0 Å². The summed E-state index contributed by atoms with van der Waals surface area (Å²) in [6.07, 6.45) is 0. The Morgan fingerprint density at radius 1 is 1.37 bits per heavy atom. The van der Waals surface area contributed by atoms with Crippen LogP contribution < -0.4 is 10.2 Å². The first-order valence-corrected chi connectivity index (χ1v) is 6.49. The van der Waals surface area contributed by atoms with Gasteiger partial charge in [0.05, 0.1) is 13.2 Å². The van der Waals surface area contributed by atoms with Crippen LogP contribution in [0, 0.1) is 0 Å². The first-order chi connectivity index (χ1) is 9.13. The number of aliphatic hydroxyl groups is 1. The summed E-state index contributed by atoms with van der Waals surface area (Å²) in [7, 11) is 3.50. The van der Waals surface area contributed by atoms with Crippen LogP contribution in [0.4, 0.5) is 5.69 Å². The molecule has 0 radical (unpaired) electrons. The van der Waals surface area contributed by atoms with E-state index in [0.717, 1.165) is 11.3 Å². The number of nitrogens with one attached hydrogen (secondary N) is 1. The average molecular weight is 268 g/mol. The topological polar surface area (TPSA) is 65.0 Å². The molecule has 0 aromatic heterocycles. The minimum atomic E-state index is 0.0686. The van der Waals surface area contributed by atoms with Gasteiger partial charge in [0.1, 0.15) is 5.75 Å². The molecule has 0 heterocycles. The monoisotopic (exact) mass is 268 g/mol. The molecule has 0 aliphatic heterocycles. The van der Waals surface area contributed by atoms with Crippen LogP contribution in [-0.4, -0.2) is 50.7 Å². The van der Waals surface area contributed by atoms with Gasteiger partial charge in [0.25, 0.3) is 0 Å². The molecule has 1 aromatic rings. The van der Waals surface area contributed by atoms with E-state index in [0.29, 0.717) is 19.7 Å². The molecular weight excluding hydrogens is 244 g/mol. The highest BCUT2D eigenvalue weighted by atomic mass is 16.5. The number of nitrogens with zero attached hydrogens (tertiary/aromatic N) is 1. The number of methoxy groups -OCH3 is 1. The van der Waals surface area contributed by atoms with Gasteiger partial charge in [-0.05, 0) is 20.0 Å². The quantitative estimate of drug-likeness (QED) is 0.659. The van der Waals surface area contributed by atoms with Crippen molar-refractivity contribution in [1.82, 2.24) is 5.32 Å². The summed E-state index contributed by atoms with van der Waals surface area (Å²) in [6, 6.07) is 5.69. The first-order valence-electron chi connectivity index (χ1n) is 6.49. The molecule has 3 N–H and O–H groups in total. The molecule has 1 rings (SSSR count). The number of hydrogen-bond donors (Lipinski definition) is 3. The summed E-state index contributed by atoms with van der Waals surface area (Å²) in [6.45, 7) is 3.83. The van der Waals surface area contributed by atoms with Crippen molar-refractivity contribution in [2.24, 2.45) is 0 Å². The summed E-state index contributed by atoms with van der Waals surface area (Å²) >= 11 is 0. The molecule has 1 aromatic carbocycles. The third kappa shape index (κ3) is 4.38. The maximum absolute atomic E-state index is 10.1. The minimum absolute atomic E-state index is 0.0686. The molecule has 19 heavy (non-hydrogen) atoms. The molecule has 0 bridgehead atoms. The third-order valence-electron chi connectivity index (χ3n) is 3.21. The number of phenols is 1. The molecule has 0 saturated carbocycles. The van der Waals surface area contributed by atoms with Gasteiger partial charge >= 0.3 is 0 Å². The molecule has 5 nitrogen and oxygen atoms in total. The van der Waals surface area contributed by atoms with Gasteiger partial charge in [0.2, 0.25) is 0 Å². The predicted octanol–water partition coefficient (Wildman–Crippen LogP) is 1.12. The van der Waals surface area contributed by atoms with Gasteiger partial charge in [0, 0.05) is 43.6 Å². The zero-order valence-electron chi connectivity index (χ0n) is 11.9. The van der Waals surface area contributed by atoms with Gasteiger partial charge in [0.15, 0.2) is 0 Å². The summed E-state index contributed by atoms with van der Waals surface area (Å²) < 4.78 is 5.05. The van der Waals surface area contributed by atoms with Crippen molar-refractivity contribution < 1.29 is 14.9 Å². The van der Waals surface area contributed by atoms with Crippen molar-refractivity contribution >= 4 is 5.69 Å². The van der Waals surface area contributed by atoms with Crippen LogP contribution in [0.2, 0.25) is 0 Å². The third-order valence-corrected chi connectivity index (χ3v) is 3.21. The second kappa shape index (κ2) is 7.99. The van der Waals surface area contributed by atoms with Gasteiger partial charge < -0.3 is 25.2 Å². The summed E-state index contributed by atoms with van der Waals surface area (Å²) in [5.74, 6) is 0.264. The highest BCUT2D eigenvalue weighted by molar-refractivity contribution is 5.54. The van der Waals surface area contributed by atoms with Crippen LogP contribution in [0.3, 0.4) is 0 Å². The first kappa shape index (κ1) is 15.8. The zero-order valence-corrected chi connectivity index (χ0v) is 11.9. The fourth-order valence-electron chi connectivity index (χ4n) is 1.94. The van der Waals surface area contributed by atoms with Crippen molar-refractivity contribution in [3.63, 3.8) is 0 Å². The lowest BCUT2D eigenvalue weighted by atomic mass is 10.1. The van der Waals surface area contributed by atoms with Crippen molar-refractivity contribution in [3.8, 4) is 5.75 Å². The van der Waals surface area contributed by atoms with E-state index in [4.69, 9.17) is 9.84 Å². The Hall–Kier alpha value is -1.30. The van der Waals surface area contributed by atoms with Gasteiger partial charge in [-0.3, -0.25) is 0 Å². The second-order valence-corrected chi connectivity index (χ2v) is 4.46. The Balaban J connectivity index is 2.89. The van der Waals surface area contributed by atoms with Gasteiger partial charge in [-0.2, -0.15) is 0 Å².